The molecule has 0 unspecified atom stereocenters. The molecule has 2 aromatic carbocycles. The number of para-hydroxylation sites is 1. The Bertz CT molecular complexity index is 1260. The second kappa shape index (κ2) is 10.4. The average molecular weight is 510 g/mol. The van der Waals surface area contributed by atoms with Crippen LogP contribution in [-0.2, 0) is 19.1 Å². The summed E-state index contributed by atoms with van der Waals surface area (Å²) < 4.78 is 5.10. The number of hydrogen-bond donors (Lipinski definition) is 1. The van der Waals surface area contributed by atoms with E-state index in [1.165, 1.54) is 29.0 Å². The van der Waals surface area contributed by atoms with Crippen LogP contribution < -0.4 is 10.2 Å². The molecule has 0 radical (unpaired) electrons. The van der Waals surface area contributed by atoms with Crippen molar-refractivity contribution in [2.45, 2.75) is 19.8 Å². The van der Waals surface area contributed by atoms with Crippen molar-refractivity contribution in [2.24, 2.45) is 0 Å². The third-order valence-corrected chi connectivity index (χ3v) is 7.07. The van der Waals surface area contributed by atoms with Crippen LogP contribution in [0.5, 0.6) is 0 Å². The van der Waals surface area contributed by atoms with Crippen molar-refractivity contribution in [2.75, 3.05) is 30.4 Å². The molecule has 8 nitrogen and oxygen atoms in total. The monoisotopic (exact) mass is 509 g/mol. The summed E-state index contributed by atoms with van der Waals surface area (Å²) in [4.78, 5) is 54.2. The van der Waals surface area contributed by atoms with Crippen molar-refractivity contribution in [3.63, 3.8) is 0 Å². The molecule has 0 spiro atoms. The number of carbonyl (C=O) groups excluding carboxylic acids is 4. The molecule has 0 aromatic heterocycles. The van der Waals surface area contributed by atoms with Gasteiger partial charge in [-0.25, -0.2) is 4.79 Å². The zero-order valence-electron chi connectivity index (χ0n) is 19.2. The van der Waals surface area contributed by atoms with E-state index < -0.39 is 17.8 Å². The van der Waals surface area contributed by atoms with E-state index in [1.807, 2.05) is 6.92 Å². The molecule has 1 N–H and O–H groups in total. The minimum Gasteiger partial charge on any atom is -0.465 e. The number of anilines is 2. The van der Waals surface area contributed by atoms with Crippen molar-refractivity contribution in [1.82, 2.24) is 4.90 Å². The Morgan fingerprint density at radius 3 is 2.43 bits per heavy atom. The Labute approximate surface area is 212 Å². The van der Waals surface area contributed by atoms with Crippen LogP contribution in [-0.4, -0.2) is 53.1 Å². The first kappa shape index (κ1) is 24.6. The number of unbranched alkanes of at least 4 members (excludes halogenated alkanes) is 1. The van der Waals surface area contributed by atoms with Gasteiger partial charge in [0.25, 0.3) is 11.8 Å². The smallest absolute Gasteiger partial charge is 0.337 e. The molecular formula is C25H23N3O5S2. The van der Waals surface area contributed by atoms with Crippen LogP contribution in [0.2, 0.25) is 0 Å². The topological polar surface area (TPSA) is 96.0 Å². The molecule has 0 saturated carbocycles. The Hall–Kier alpha value is -3.50. The number of nitrogens with one attached hydrogen (secondary N) is 1. The number of ether oxygens (including phenoxy) is 1. The van der Waals surface area contributed by atoms with Crippen LogP contribution in [0.3, 0.4) is 0 Å². The quantitative estimate of drug-likeness (QED) is 0.344. The van der Waals surface area contributed by atoms with Crippen molar-refractivity contribution in [3.8, 4) is 0 Å². The molecule has 0 bridgehead atoms. The van der Waals surface area contributed by atoms with Gasteiger partial charge in [-0.3, -0.25) is 24.2 Å². The molecule has 3 amide bonds. The number of thiocarbonyl (C=S) groups is 1. The third-order valence-electron chi connectivity index (χ3n) is 5.63. The predicted molar refractivity (Wildman–Crippen MR) is 139 cm³/mol. The summed E-state index contributed by atoms with van der Waals surface area (Å²) >= 11 is 6.53. The van der Waals surface area contributed by atoms with E-state index in [4.69, 9.17) is 12.2 Å². The fraction of sp³-hybridized carbons (Fsp3) is 0.240. The molecule has 0 aliphatic carbocycles. The van der Waals surface area contributed by atoms with Crippen LogP contribution in [0.1, 0.15) is 35.7 Å². The van der Waals surface area contributed by atoms with Crippen LogP contribution >= 0.6 is 24.0 Å². The maximum atomic E-state index is 13.5. The van der Waals surface area contributed by atoms with Gasteiger partial charge >= 0.3 is 5.97 Å². The molecule has 2 heterocycles. The van der Waals surface area contributed by atoms with E-state index in [0.717, 1.165) is 24.6 Å². The maximum absolute atomic E-state index is 13.5. The number of hydrogen-bond acceptors (Lipinski definition) is 7. The summed E-state index contributed by atoms with van der Waals surface area (Å²) in [5, 5.41) is 2.73. The summed E-state index contributed by atoms with van der Waals surface area (Å²) in [7, 11) is 1.29. The molecule has 2 aromatic rings. The van der Waals surface area contributed by atoms with E-state index in [9.17, 15) is 19.2 Å². The van der Waals surface area contributed by atoms with Crippen LogP contribution in [0, 0.1) is 0 Å². The molecule has 4 rings (SSSR count). The van der Waals surface area contributed by atoms with Crippen LogP contribution in [0.4, 0.5) is 11.4 Å². The maximum Gasteiger partial charge on any atom is 0.337 e. The summed E-state index contributed by atoms with van der Waals surface area (Å²) in [5.41, 5.74) is 2.26. The Kier molecular flexibility index (Phi) is 7.32. The van der Waals surface area contributed by atoms with Crippen LogP contribution in [0.15, 0.2) is 53.4 Å². The van der Waals surface area contributed by atoms with Gasteiger partial charge in [-0.15, -0.1) is 0 Å². The molecule has 180 valence electrons. The van der Waals surface area contributed by atoms with Crippen LogP contribution in [0.25, 0.3) is 5.57 Å². The normalized spacial score (nSPS) is 17.1. The fourth-order valence-corrected chi connectivity index (χ4v) is 5.25. The highest BCUT2D eigenvalue weighted by atomic mass is 32.2. The van der Waals surface area contributed by atoms with Gasteiger partial charge in [0.1, 0.15) is 10.9 Å². The highest BCUT2D eigenvalue weighted by Crippen LogP contribution is 2.44. The number of benzene rings is 2. The van der Waals surface area contributed by atoms with Gasteiger partial charge in [-0.05, 0) is 36.8 Å². The highest BCUT2D eigenvalue weighted by molar-refractivity contribution is 8.26. The zero-order valence-corrected chi connectivity index (χ0v) is 20.8. The van der Waals surface area contributed by atoms with Crippen molar-refractivity contribution in [3.05, 3.63) is 64.6 Å². The molecular weight excluding hydrogens is 486 g/mol. The van der Waals surface area contributed by atoms with Gasteiger partial charge in [0.15, 0.2) is 0 Å². The van der Waals surface area contributed by atoms with Gasteiger partial charge in [0.05, 0.1) is 28.8 Å². The van der Waals surface area contributed by atoms with E-state index in [2.05, 4.69) is 10.1 Å². The largest absolute Gasteiger partial charge is 0.465 e. The van der Waals surface area contributed by atoms with Gasteiger partial charge in [0.2, 0.25) is 5.91 Å². The molecule has 0 atom stereocenters. The molecule has 35 heavy (non-hydrogen) atoms. The number of carbonyl (C=O) groups is 4. The molecule has 2 aliphatic rings. The third kappa shape index (κ3) is 4.85. The van der Waals surface area contributed by atoms with Crippen molar-refractivity contribution in [1.29, 1.82) is 0 Å². The second-order valence-electron chi connectivity index (χ2n) is 7.91. The lowest BCUT2D eigenvalue weighted by atomic mass is 10.1. The lowest BCUT2D eigenvalue weighted by molar-refractivity contribution is -0.122. The summed E-state index contributed by atoms with van der Waals surface area (Å²) in [6.45, 7) is 2.30. The number of fused-ring (bicyclic) bond motifs is 1. The fourth-order valence-electron chi connectivity index (χ4n) is 3.87. The highest BCUT2D eigenvalue weighted by Gasteiger charge is 2.42. The van der Waals surface area contributed by atoms with Gasteiger partial charge < -0.3 is 10.1 Å². The van der Waals surface area contributed by atoms with Crippen molar-refractivity contribution < 1.29 is 23.9 Å². The average Bonchev–Trinajstić information content (AvgIpc) is 3.29. The number of amides is 3. The lowest BCUT2D eigenvalue weighted by Crippen LogP contribution is -2.35. The van der Waals surface area contributed by atoms with Gasteiger partial charge in [-0.2, -0.15) is 0 Å². The molecule has 2 aliphatic heterocycles. The molecule has 1 fully saturated rings. The first-order valence-corrected chi connectivity index (χ1v) is 12.3. The standard InChI is InChI=1S/C25H23N3O5S2/c1-3-4-13-27-23(31)21(35-25(27)34)20-17-7-5-6-8-18(17)28(22(20)30)14-19(29)26-16-11-9-15(10-12-16)24(32)33-2/h5-12H,3-4,13-14H2,1-2H3,(H,26,29)/b21-20-. The van der Waals surface area contributed by atoms with Gasteiger partial charge in [-0.1, -0.05) is 55.5 Å². The first-order chi connectivity index (χ1) is 16.8. The number of thioether (sulfide) groups is 1. The minimum absolute atomic E-state index is 0.242. The minimum atomic E-state index is -0.477. The van der Waals surface area contributed by atoms with E-state index >= 15 is 0 Å². The number of esters is 1. The Morgan fingerprint density at radius 2 is 1.74 bits per heavy atom. The zero-order chi connectivity index (χ0) is 25.1. The molecule has 1 saturated heterocycles. The molecule has 10 heteroatoms. The van der Waals surface area contributed by atoms with E-state index in [1.54, 1.807) is 36.4 Å². The predicted octanol–water partition coefficient (Wildman–Crippen LogP) is 3.83. The summed E-state index contributed by atoms with van der Waals surface area (Å²) in [5.74, 6) is -1.59. The number of rotatable bonds is 7. The summed E-state index contributed by atoms with van der Waals surface area (Å²) in [6, 6.07) is 13.3. The Morgan fingerprint density at radius 1 is 1.03 bits per heavy atom. The number of nitrogens with zero attached hydrogens (tertiary/aromatic N) is 2. The number of methoxy groups -OCH3 is 1. The van der Waals surface area contributed by atoms with E-state index in [-0.39, 0.29) is 18.0 Å². The first-order valence-electron chi connectivity index (χ1n) is 11.0. The SMILES string of the molecule is CCCCN1C(=O)/C(=C2/C(=O)N(CC(=O)Nc3ccc(C(=O)OC)cc3)c3ccccc32)SC1=S. The lowest BCUT2D eigenvalue weighted by Gasteiger charge is -2.17. The van der Waals surface area contributed by atoms with Gasteiger partial charge in [0, 0.05) is 17.8 Å². The second-order valence-corrected chi connectivity index (χ2v) is 9.55. The summed E-state index contributed by atoms with van der Waals surface area (Å²) in [6.07, 6.45) is 1.73. The van der Waals surface area contributed by atoms with E-state index in [0.29, 0.717) is 38.3 Å². The Balaban J connectivity index is 1.56. The van der Waals surface area contributed by atoms with Crippen molar-refractivity contribution >= 4 is 68.9 Å².